The van der Waals surface area contributed by atoms with Crippen LogP contribution in [0, 0.1) is 11.3 Å². The number of urea groups is 1. The largest absolute Gasteiger partial charge is 0.493 e. The summed E-state index contributed by atoms with van der Waals surface area (Å²) in [5, 5.41) is 3.14. The summed E-state index contributed by atoms with van der Waals surface area (Å²) < 4.78 is 6.08. The van der Waals surface area contributed by atoms with E-state index >= 15 is 0 Å². The van der Waals surface area contributed by atoms with E-state index in [4.69, 9.17) is 4.74 Å². The summed E-state index contributed by atoms with van der Waals surface area (Å²) in [6.07, 6.45) is 6.65. The Kier molecular flexibility index (Phi) is 9.30. The number of ether oxygens (including phenoxy) is 1. The zero-order valence-electron chi connectivity index (χ0n) is 22.6. The molecule has 4 rings (SSSR count). The second kappa shape index (κ2) is 12.6. The molecule has 2 aromatic rings. The standard InChI is InChI=1S/C31H45N3O2/c1-4-26-9-11-27(12-10-26)13-18-32-30(35)34-21-16-31(17-22-34)14-19-33(20-15-31)23-28-7-5-6-8-29(28)36-24-25(2)3/h5-12,25H,4,13-24H2,1-3H3,(H,32,35). The topological polar surface area (TPSA) is 44.8 Å². The van der Waals surface area contributed by atoms with Gasteiger partial charge in [-0.2, -0.15) is 0 Å². The molecule has 2 aliphatic rings. The minimum atomic E-state index is 0.102. The average Bonchev–Trinajstić information content (AvgIpc) is 2.90. The highest BCUT2D eigenvalue weighted by molar-refractivity contribution is 5.74. The highest BCUT2D eigenvalue weighted by atomic mass is 16.5. The lowest BCUT2D eigenvalue weighted by atomic mass is 9.71. The van der Waals surface area contributed by atoms with Gasteiger partial charge < -0.3 is 15.0 Å². The van der Waals surface area contributed by atoms with Crippen molar-refractivity contribution in [2.45, 2.75) is 65.8 Å². The first kappa shape index (κ1) is 26.5. The fourth-order valence-electron chi connectivity index (χ4n) is 5.51. The van der Waals surface area contributed by atoms with Gasteiger partial charge in [-0.25, -0.2) is 4.79 Å². The van der Waals surface area contributed by atoms with Crippen molar-refractivity contribution in [1.82, 2.24) is 15.1 Å². The quantitative estimate of drug-likeness (QED) is 0.474. The average molecular weight is 492 g/mol. The third-order valence-electron chi connectivity index (χ3n) is 8.09. The van der Waals surface area contributed by atoms with Gasteiger partial charge in [-0.15, -0.1) is 0 Å². The van der Waals surface area contributed by atoms with Crippen LogP contribution in [0.1, 0.15) is 63.1 Å². The van der Waals surface area contributed by atoms with Crippen molar-refractivity contribution in [2.24, 2.45) is 11.3 Å². The number of likely N-dealkylation sites (tertiary alicyclic amines) is 2. The Morgan fingerprint density at radius 3 is 2.25 bits per heavy atom. The SMILES string of the molecule is CCc1ccc(CCNC(=O)N2CCC3(CCN(Cc4ccccc4OCC(C)C)CC3)CC2)cc1. The van der Waals surface area contributed by atoms with Crippen molar-refractivity contribution in [3.8, 4) is 5.75 Å². The van der Waals surface area contributed by atoms with Crippen LogP contribution in [0.5, 0.6) is 5.75 Å². The molecule has 0 unspecified atom stereocenters. The molecule has 1 N–H and O–H groups in total. The van der Waals surface area contributed by atoms with Gasteiger partial charge in [-0.05, 0) is 80.1 Å². The van der Waals surface area contributed by atoms with E-state index in [9.17, 15) is 4.79 Å². The van der Waals surface area contributed by atoms with E-state index in [0.717, 1.165) is 70.8 Å². The van der Waals surface area contributed by atoms with E-state index < -0.39 is 0 Å². The van der Waals surface area contributed by atoms with E-state index in [-0.39, 0.29) is 6.03 Å². The highest BCUT2D eigenvalue weighted by Gasteiger charge is 2.38. The Labute approximate surface area is 218 Å². The van der Waals surface area contributed by atoms with Crippen LogP contribution in [0.3, 0.4) is 0 Å². The molecule has 2 aromatic carbocycles. The molecule has 0 bridgehead atoms. The number of amides is 2. The summed E-state index contributed by atoms with van der Waals surface area (Å²) in [7, 11) is 0. The van der Waals surface area contributed by atoms with Crippen LogP contribution in [-0.4, -0.2) is 55.2 Å². The van der Waals surface area contributed by atoms with Gasteiger partial charge in [0.15, 0.2) is 0 Å². The molecule has 0 radical (unpaired) electrons. The first-order chi connectivity index (χ1) is 17.5. The Hall–Kier alpha value is -2.53. The second-order valence-electron chi connectivity index (χ2n) is 11.2. The van der Waals surface area contributed by atoms with Gasteiger partial charge in [0.05, 0.1) is 6.61 Å². The number of carbonyl (C=O) groups is 1. The third-order valence-corrected chi connectivity index (χ3v) is 8.09. The van der Waals surface area contributed by atoms with Gasteiger partial charge >= 0.3 is 6.03 Å². The van der Waals surface area contributed by atoms with Crippen LogP contribution >= 0.6 is 0 Å². The number of hydrogen-bond acceptors (Lipinski definition) is 3. The Morgan fingerprint density at radius 1 is 0.944 bits per heavy atom. The minimum Gasteiger partial charge on any atom is -0.493 e. The van der Waals surface area contributed by atoms with Crippen LogP contribution in [-0.2, 0) is 19.4 Å². The monoisotopic (exact) mass is 491 g/mol. The van der Waals surface area contributed by atoms with E-state index in [0.29, 0.717) is 17.9 Å². The van der Waals surface area contributed by atoms with Crippen LogP contribution < -0.4 is 10.1 Å². The summed E-state index contributed by atoms with van der Waals surface area (Å²) >= 11 is 0. The van der Waals surface area contributed by atoms with Gasteiger partial charge in [-0.1, -0.05) is 63.2 Å². The van der Waals surface area contributed by atoms with Gasteiger partial charge in [0, 0.05) is 31.7 Å². The summed E-state index contributed by atoms with van der Waals surface area (Å²) in [6, 6.07) is 17.3. The Balaban J connectivity index is 1.18. The molecule has 2 saturated heterocycles. The van der Waals surface area contributed by atoms with Crippen LogP contribution in [0.15, 0.2) is 48.5 Å². The van der Waals surface area contributed by atoms with Crippen molar-refractivity contribution in [2.75, 3.05) is 39.3 Å². The van der Waals surface area contributed by atoms with Crippen molar-refractivity contribution < 1.29 is 9.53 Å². The molecule has 2 aliphatic heterocycles. The molecule has 5 heteroatoms. The molecule has 0 aromatic heterocycles. The van der Waals surface area contributed by atoms with Crippen molar-refractivity contribution >= 4 is 6.03 Å². The number of rotatable bonds is 9. The smallest absolute Gasteiger partial charge is 0.317 e. The number of nitrogens with one attached hydrogen (secondary N) is 1. The van der Waals surface area contributed by atoms with E-state index in [1.165, 1.54) is 29.5 Å². The molecule has 196 valence electrons. The molecule has 0 aliphatic carbocycles. The number of hydrogen-bond donors (Lipinski definition) is 1. The number of carbonyl (C=O) groups excluding carboxylic acids is 1. The van der Waals surface area contributed by atoms with Gasteiger partial charge in [0.1, 0.15) is 5.75 Å². The third kappa shape index (κ3) is 7.25. The van der Waals surface area contributed by atoms with Crippen molar-refractivity contribution in [1.29, 1.82) is 0 Å². The lowest BCUT2D eigenvalue weighted by molar-refractivity contribution is 0.0421. The summed E-state index contributed by atoms with van der Waals surface area (Å²) in [5.74, 6) is 1.56. The molecule has 2 fully saturated rings. The highest BCUT2D eigenvalue weighted by Crippen LogP contribution is 2.41. The van der Waals surface area contributed by atoms with Crippen molar-refractivity contribution in [3.63, 3.8) is 0 Å². The molecule has 0 atom stereocenters. The fraction of sp³-hybridized carbons (Fsp3) is 0.581. The van der Waals surface area contributed by atoms with E-state index in [1.807, 2.05) is 4.90 Å². The van der Waals surface area contributed by atoms with Crippen LogP contribution in [0.4, 0.5) is 4.79 Å². The van der Waals surface area contributed by atoms with Gasteiger partial charge in [0.25, 0.3) is 0 Å². The predicted octanol–water partition coefficient (Wildman–Crippen LogP) is 5.91. The Bertz CT molecular complexity index is 954. The summed E-state index contributed by atoms with van der Waals surface area (Å²) in [4.78, 5) is 17.3. The number of piperidine rings is 2. The zero-order valence-corrected chi connectivity index (χ0v) is 22.6. The summed E-state index contributed by atoms with van der Waals surface area (Å²) in [6.45, 7) is 13.0. The summed E-state index contributed by atoms with van der Waals surface area (Å²) in [5.41, 5.74) is 4.34. The van der Waals surface area contributed by atoms with Gasteiger partial charge in [0.2, 0.25) is 0 Å². The fourth-order valence-corrected chi connectivity index (χ4v) is 5.51. The minimum absolute atomic E-state index is 0.102. The maximum Gasteiger partial charge on any atom is 0.317 e. The number of aryl methyl sites for hydroxylation is 1. The molecular weight excluding hydrogens is 446 g/mol. The molecule has 2 heterocycles. The van der Waals surface area contributed by atoms with E-state index in [1.54, 1.807) is 0 Å². The van der Waals surface area contributed by atoms with Crippen LogP contribution in [0.2, 0.25) is 0 Å². The zero-order chi connectivity index (χ0) is 25.4. The van der Waals surface area contributed by atoms with Gasteiger partial charge in [-0.3, -0.25) is 4.90 Å². The molecule has 5 nitrogen and oxygen atoms in total. The number of nitrogens with zero attached hydrogens (tertiary/aromatic N) is 2. The first-order valence-electron chi connectivity index (χ1n) is 14.0. The van der Waals surface area contributed by atoms with Crippen molar-refractivity contribution in [3.05, 3.63) is 65.2 Å². The lowest BCUT2D eigenvalue weighted by Gasteiger charge is -2.47. The Morgan fingerprint density at radius 2 is 1.58 bits per heavy atom. The maximum absolute atomic E-state index is 12.7. The van der Waals surface area contributed by atoms with E-state index in [2.05, 4.69) is 79.5 Å². The number of para-hydroxylation sites is 1. The molecule has 0 saturated carbocycles. The predicted molar refractivity (Wildman–Crippen MR) is 147 cm³/mol. The second-order valence-corrected chi connectivity index (χ2v) is 11.2. The maximum atomic E-state index is 12.7. The normalized spacial score (nSPS) is 17.9. The first-order valence-corrected chi connectivity index (χ1v) is 14.0. The molecule has 2 amide bonds. The van der Waals surface area contributed by atoms with Crippen LogP contribution in [0.25, 0.3) is 0 Å². The molecule has 36 heavy (non-hydrogen) atoms. The molecule has 1 spiro atoms. The molecular formula is C31H45N3O2. The number of benzene rings is 2. The lowest BCUT2D eigenvalue weighted by Crippen LogP contribution is -2.50.